The van der Waals surface area contributed by atoms with Gasteiger partial charge in [0.05, 0.1) is 6.20 Å². The molecule has 156 valence electrons. The summed E-state index contributed by atoms with van der Waals surface area (Å²) in [6, 6.07) is 0. The lowest BCUT2D eigenvalue weighted by atomic mass is 9.95. The number of rotatable bonds is 5. The molecule has 0 N–H and O–H groups in total. The topological polar surface area (TPSA) is 50.1 Å². The van der Waals surface area contributed by atoms with Crippen LogP contribution in [-0.2, 0) is 20.0 Å². The SMILES string of the molecule is Cc1nc([C@H]2CCCN(Cc3cnn(C)c3C)C2)nc2c1CCCN2CC1CC1. The van der Waals surface area contributed by atoms with Crippen molar-refractivity contribution >= 4 is 5.82 Å². The number of hydrogen-bond donors (Lipinski definition) is 0. The molecule has 6 nitrogen and oxygen atoms in total. The Morgan fingerprint density at radius 2 is 1.93 bits per heavy atom. The van der Waals surface area contributed by atoms with E-state index in [0.717, 1.165) is 44.3 Å². The minimum Gasteiger partial charge on any atom is -0.356 e. The predicted molar refractivity (Wildman–Crippen MR) is 115 cm³/mol. The number of piperidine rings is 1. The first-order valence-electron chi connectivity index (χ1n) is 11.4. The highest BCUT2D eigenvalue weighted by Crippen LogP contribution is 2.36. The lowest BCUT2D eigenvalue weighted by molar-refractivity contribution is 0.196. The van der Waals surface area contributed by atoms with Crippen LogP contribution in [0.2, 0.25) is 0 Å². The molecule has 5 rings (SSSR count). The summed E-state index contributed by atoms with van der Waals surface area (Å²) in [6.07, 6.45) is 9.61. The molecule has 2 aliphatic heterocycles. The molecule has 0 spiro atoms. The van der Waals surface area contributed by atoms with Gasteiger partial charge < -0.3 is 4.90 Å². The smallest absolute Gasteiger partial charge is 0.135 e. The molecule has 2 fully saturated rings. The Labute approximate surface area is 174 Å². The van der Waals surface area contributed by atoms with Crippen molar-refractivity contribution in [3.05, 3.63) is 34.5 Å². The second kappa shape index (κ2) is 7.71. The van der Waals surface area contributed by atoms with E-state index in [1.165, 1.54) is 67.0 Å². The monoisotopic (exact) mass is 394 g/mol. The van der Waals surface area contributed by atoms with Crippen LogP contribution in [0.1, 0.15) is 66.4 Å². The molecular formula is C23H34N6. The van der Waals surface area contributed by atoms with Gasteiger partial charge in [0.1, 0.15) is 11.6 Å². The normalized spacial score (nSPS) is 22.7. The molecule has 6 heteroatoms. The standard InChI is InChI=1S/C23H34N6/c1-16-21-7-5-11-29(13-18-8-9-18)23(21)26-22(25-16)19-6-4-10-28(14-19)15-20-12-24-27(3)17(20)2/h12,18-19H,4-11,13-15H2,1-3H3/t19-/m0/s1. The van der Waals surface area contributed by atoms with Crippen LogP contribution < -0.4 is 4.90 Å². The quantitative estimate of drug-likeness (QED) is 0.778. The molecule has 1 saturated heterocycles. The summed E-state index contributed by atoms with van der Waals surface area (Å²) in [4.78, 5) is 15.3. The van der Waals surface area contributed by atoms with Crippen molar-refractivity contribution in [3.63, 3.8) is 0 Å². The molecule has 1 atom stereocenters. The predicted octanol–water partition coefficient (Wildman–Crippen LogP) is 3.37. The fraction of sp³-hybridized carbons (Fsp3) is 0.696. The Kier molecular flexibility index (Phi) is 5.06. The second-order valence-corrected chi connectivity index (χ2v) is 9.42. The number of hydrogen-bond acceptors (Lipinski definition) is 5. The van der Waals surface area contributed by atoms with E-state index in [1.54, 1.807) is 0 Å². The molecule has 29 heavy (non-hydrogen) atoms. The summed E-state index contributed by atoms with van der Waals surface area (Å²) < 4.78 is 1.97. The number of anilines is 1. The van der Waals surface area contributed by atoms with Gasteiger partial charge in [-0.3, -0.25) is 9.58 Å². The lowest BCUT2D eigenvalue weighted by Gasteiger charge is -2.34. The maximum Gasteiger partial charge on any atom is 0.135 e. The number of aromatic nitrogens is 4. The van der Waals surface area contributed by atoms with E-state index in [0.29, 0.717) is 5.92 Å². The fourth-order valence-corrected chi connectivity index (χ4v) is 5.03. The Balaban J connectivity index is 1.35. The number of nitrogens with zero attached hydrogens (tertiary/aromatic N) is 6. The van der Waals surface area contributed by atoms with Crippen LogP contribution in [0, 0.1) is 19.8 Å². The zero-order valence-electron chi connectivity index (χ0n) is 18.2. The van der Waals surface area contributed by atoms with E-state index in [-0.39, 0.29) is 0 Å². The average molecular weight is 395 g/mol. The van der Waals surface area contributed by atoms with Gasteiger partial charge in [-0.05, 0) is 64.8 Å². The van der Waals surface area contributed by atoms with Crippen molar-refractivity contribution in [2.24, 2.45) is 13.0 Å². The Morgan fingerprint density at radius 3 is 2.69 bits per heavy atom. The van der Waals surface area contributed by atoms with Gasteiger partial charge in [-0.15, -0.1) is 0 Å². The van der Waals surface area contributed by atoms with Crippen molar-refractivity contribution in [3.8, 4) is 0 Å². The van der Waals surface area contributed by atoms with E-state index < -0.39 is 0 Å². The second-order valence-electron chi connectivity index (χ2n) is 9.42. The van der Waals surface area contributed by atoms with Crippen molar-refractivity contribution in [2.45, 2.75) is 64.8 Å². The molecule has 0 bridgehead atoms. The van der Waals surface area contributed by atoms with Crippen LogP contribution >= 0.6 is 0 Å². The van der Waals surface area contributed by atoms with Crippen molar-refractivity contribution in [2.75, 3.05) is 31.1 Å². The molecule has 0 amide bonds. The van der Waals surface area contributed by atoms with Gasteiger partial charge in [-0.25, -0.2) is 9.97 Å². The van der Waals surface area contributed by atoms with Crippen LogP contribution in [0.25, 0.3) is 0 Å². The number of aryl methyl sites for hydroxylation is 2. The molecule has 2 aromatic heterocycles. The van der Waals surface area contributed by atoms with Crippen LogP contribution in [0.4, 0.5) is 5.82 Å². The molecule has 0 unspecified atom stereocenters. The Hall–Kier alpha value is -1.95. The van der Waals surface area contributed by atoms with E-state index in [1.807, 2.05) is 17.9 Å². The van der Waals surface area contributed by atoms with Gasteiger partial charge in [0, 0.05) is 61.7 Å². The first-order valence-corrected chi connectivity index (χ1v) is 11.4. The van der Waals surface area contributed by atoms with Crippen LogP contribution in [0.15, 0.2) is 6.20 Å². The van der Waals surface area contributed by atoms with Crippen molar-refractivity contribution in [1.29, 1.82) is 0 Å². The van der Waals surface area contributed by atoms with E-state index in [9.17, 15) is 0 Å². The van der Waals surface area contributed by atoms with Gasteiger partial charge >= 0.3 is 0 Å². The average Bonchev–Trinajstić information content (AvgIpc) is 3.49. The van der Waals surface area contributed by atoms with Gasteiger partial charge in [0.25, 0.3) is 0 Å². The Morgan fingerprint density at radius 1 is 1.07 bits per heavy atom. The van der Waals surface area contributed by atoms with Gasteiger partial charge in [-0.1, -0.05) is 0 Å². The highest BCUT2D eigenvalue weighted by atomic mass is 15.3. The summed E-state index contributed by atoms with van der Waals surface area (Å²) in [5, 5.41) is 4.42. The van der Waals surface area contributed by atoms with E-state index >= 15 is 0 Å². The third-order valence-corrected chi connectivity index (χ3v) is 7.14. The molecule has 3 aliphatic rings. The van der Waals surface area contributed by atoms with E-state index in [2.05, 4.69) is 28.7 Å². The van der Waals surface area contributed by atoms with Crippen LogP contribution in [0.3, 0.4) is 0 Å². The number of likely N-dealkylation sites (tertiary alicyclic amines) is 1. The minimum absolute atomic E-state index is 0.439. The maximum atomic E-state index is 5.19. The van der Waals surface area contributed by atoms with Crippen LogP contribution in [0.5, 0.6) is 0 Å². The summed E-state index contributed by atoms with van der Waals surface area (Å²) in [5.41, 5.74) is 5.22. The van der Waals surface area contributed by atoms with Crippen molar-refractivity contribution < 1.29 is 0 Å². The molecule has 0 radical (unpaired) electrons. The highest BCUT2D eigenvalue weighted by Gasteiger charge is 2.31. The van der Waals surface area contributed by atoms with Gasteiger partial charge in [0.15, 0.2) is 0 Å². The van der Waals surface area contributed by atoms with Crippen LogP contribution in [-0.4, -0.2) is 50.8 Å². The molecule has 4 heterocycles. The van der Waals surface area contributed by atoms with E-state index in [4.69, 9.17) is 9.97 Å². The lowest BCUT2D eigenvalue weighted by Crippen LogP contribution is -2.36. The third-order valence-electron chi connectivity index (χ3n) is 7.14. The molecule has 1 aliphatic carbocycles. The summed E-state index contributed by atoms with van der Waals surface area (Å²) >= 11 is 0. The first-order chi connectivity index (χ1) is 14.1. The Bertz CT molecular complexity index is 884. The first kappa shape index (κ1) is 19.0. The largest absolute Gasteiger partial charge is 0.356 e. The molecule has 1 saturated carbocycles. The highest BCUT2D eigenvalue weighted by molar-refractivity contribution is 5.51. The molecule has 0 aromatic carbocycles. The van der Waals surface area contributed by atoms with Gasteiger partial charge in [-0.2, -0.15) is 5.10 Å². The summed E-state index contributed by atoms with van der Waals surface area (Å²) in [7, 11) is 2.02. The minimum atomic E-state index is 0.439. The fourth-order valence-electron chi connectivity index (χ4n) is 5.03. The maximum absolute atomic E-state index is 5.19. The molecule has 2 aromatic rings. The summed E-state index contributed by atoms with van der Waals surface area (Å²) in [6.45, 7) is 9.90. The zero-order chi connectivity index (χ0) is 20.0. The number of fused-ring (bicyclic) bond motifs is 1. The van der Waals surface area contributed by atoms with Gasteiger partial charge in [0.2, 0.25) is 0 Å². The zero-order valence-corrected chi connectivity index (χ0v) is 18.2. The summed E-state index contributed by atoms with van der Waals surface area (Å²) in [5.74, 6) is 3.67. The molecular weight excluding hydrogens is 360 g/mol. The van der Waals surface area contributed by atoms with Crippen molar-refractivity contribution in [1.82, 2.24) is 24.6 Å². The third kappa shape index (κ3) is 3.91.